The van der Waals surface area contributed by atoms with Crippen molar-refractivity contribution >= 4 is 96.8 Å². The van der Waals surface area contributed by atoms with Crippen molar-refractivity contribution in [1.29, 1.82) is 0 Å². The Morgan fingerprint density at radius 2 is 0.704 bits per heavy atom. The van der Waals surface area contributed by atoms with Crippen LogP contribution in [-0.2, 0) is 76.7 Å². The first-order valence-electron chi connectivity index (χ1n) is 46.7. The van der Waals surface area contributed by atoms with E-state index in [9.17, 15) is 24.0 Å². The van der Waals surface area contributed by atoms with E-state index in [0.717, 1.165) is 258 Å². The highest BCUT2D eigenvalue weighted by atomic mass is 16.5. The smallest absolute Gasteiger partial charge is 0.243 e. The number of ether oxygens (including phenoxy) is 3. The lowest BCUT2D eigenvalue weighted by Crippen LogP contribution is -2.57. The van der Waals surface area contributed by atoms with Gasteiger partial charge in [0.2, 0.25) is 11.8 Å². The van der Waals surface area contributed by atoms with Crippen LogP contribution < -0.4 is 45.3 Å². The summed E-state index contributed by atoms with van der Waals surface area (Å²) in [6.07, 6.45) is 25.9. The summed E-state index contributed by atoms with van der Waals surface area (Å²) in [6.45, 7) is 20.5. The minimum absolute atomic E-state index is 0.0590. The lowest BCUT2D eigenvalue weighted by Gasteiger charge is -2.42. The maximum Gasteiger partial charge on any atom is 0.243 e. The number of carbonyl (C=O) groups excluding carboxylic acids is 5. The molecule has 0 bridgehead atoms. The fraction of sp³-hybridized carbons (Fsp3) is 0.379. The Morgan fingerprint density at radius 3 is 1.07 bits per heavy atom. The average molecular weight is 1820 g/mol. The molecule has 6 aliphatic heterocycles. The van der Waals surface area contributed by atoms with Gasteiger partial charge in [-0.25, -0.2) is 29.9 Å². The van der Waals surface area contributed by atoms with Crippen molar-refractivity contribution in [3.05, 3.63) is 247 Å². The topological polar surface area (TPSA) is 342 Å². The Hall–Kier alpha value is -13.8. The molecule has 15 heterocycles. The van der Waals surface area contributed by atoms with Crippen molar-refractivity contribution in [2.45, 2.75) is 75.9 Å². The number of nitrogens with one attached hydrogen (secondary N) is 6. The second-order valence-electron chi connectivity index (χ2n) is 36.0. The van der Waals surface area contributed by atoms with E-state index in [-0.39, 0.29) is 54.1 Å². The number of H-pyrrole nitrogens is 3. The number of Topliss-reactive ketones (excluding diaryl/α,β-unsaturated/α-hetero) is 3. The molecule has 18 rings (SSSR count). The van der Waals surface area contributed by atoms with Crippen LogP contribution in [0, 0.1) is 0 Å². The highest BCUT2D eigenvalue weighted by Gasteiger charge is 2.30. The van der Waals surface area contributed by atoms with Gasteiger partial charge in [-0.1, -0.05) is 97.6 Å². The maximum absolute atomic E-state index is 13.1. The number of amides is 2. The monoisotopic (exact) mass is 1820 g/mol. The molecule has 6 N–H and O–H groups in total. The zero-order valence-electron chi connectivity index (χ0n) is 78.0. The largest absolute Gasteiger partial charge is 0.379 e. The number of aromatic nitrogens is 12. The van der Waals surface area contributed by atoms with Gasteiger partial charge in [0, 0.05) is 236 Å². The van der Waals surface area contributed by atoms with Gasteiger partial charge in [0.05, 0.1) is 61.8 Å². The van der Waals surface area contributed by atoms with Gasteiger partial charge in [0.25, 0.3) is 0 Å². The number of likely N-dealkylation sites (N-methyl/N-ethyl adjacent to an activating group) is 3. The summed E-state index contributed by atoms with van der Waals surface area (Å²) in [6, 6.07) is 43.1. The molecule has 0 saturated carbocycles. The van der Waals surface area contributed by atoms with Crippen LogP contribution in [0.4, 0.5) is 34.5 Å². The van der Waals surface area contributed by atoms with Crippen LogP contribution in [0.5, 0.6) is 0 Å². The summed E-state index contributed by atoms with van der Waals surface area (Å²) in [5, 5.41) is 12.7. The van der Waals surface area contributed by atoms with E-state index in [4.69, 9.17) is 14.2 Å². The molecule has 0 radical (unpaired) electrons. The zero-order valence-corrected chi connectivity index (χ0v) is 78.0. The Bertz CT molecular complexity index is 6140. The number of benzene rings is 3. The van der Waals surface area contributed by atoms with Crippen molar-refractivity contribution in [2.75, 3.05) is 209 Å². The van der Waals surface area contributed by atoms with Crippen LogP contribution in [0.2, 0.25) is 0 Å². The van der Waals surface area contributed by atoms with Crippen LogP contribution in [0.15, 0.2) is 214 Å². The number of rotatable bonds is 34. The lowest BCUT2D eigenvalue weighted by molar-refractivity contribution is -0.118. The molecule has 0 spiro atoms. The number of anilines is 6. The van der Waals surface area contributed by atoms with Crippen molar-refractivity contribution in [3.8, 4) is 33.8 Å². The van der Waals surface area contributed by atoms with Crippen molar-refractivity contribution in [1.82, 2.24) is 90.5 Å². The molecule has 135 heavy (non-hydrogen) atoms. The van der Waals surface area contributed by atoms with Gasteiger partial charge >= 0.3 is 0 Å². The number of aromatic amines is 3. The number of pyridine rings is 3. The molecule has 2 unspecified atom stereocenters. The van der Waals surface area contributed by atoms with E-state index >= 15 is 0 Å². The number of allylic oxidation sites excluding steroid dienone is 1. The van der Waals surface area contributed by atoms with Gasteiger partial charge in [0.1, 0.15) is 70.7 Å². The van der Waals surface area contributed by atoms with Crippen molar-refractivity contribution < 1.29 is 38.2 Å². The Kier molecular flexibility index (Phi) is 32.0. The molecule has 9 aromatic heterocycles. The van der Waals surface area contributed by atoms with E-state index in [1.54, 1.807) is 49.7 Å². The first kappa shape index (κ1) is 94.4. The fourth-order valence-electron chi connectivity index (χ4n) is 17.7. The molecule has 2 atom stereocenters. The molecular formula is C103H122N24O8. The molecule has 6 fully saturated rings. The van der Waals surface area contributed by atoms with Crippen LogP contribution in [0.3, 0.4) is 0 Å². The molecule has 702 valence electrons. The summed E-state index contributed by atoms with van der Waals surface area (Å²) in [4.78, 5) is 134. The number of nitrogens with zero attached hydrogens (tertiary/aromatic N) is 18. The van der Waals surface area contributed by atoms with Crippen LogP contribution in [0.25, 0.3) is 66.9 Å². The summed E-state index contributed by atoms with van der Waals surface area (Å²) >= 11 is 0. The number of ketones is 3. The minimum atomic E-state index is -0.0636. The SMILES string of the molecule is C=C(/C=C/CN(C)C)NC1CN(c2ccnc(CC(=O)Cc3ccc(-c4cc5c(N6CCOCC6)ncnc5[nH]4)cc3)c2)C1.CN(C)C/C=C/C(=O)NC1CCCN(c2ccnc(CC(=O)Cc3ccc(-c4cc5c(N6CCOCC6)ncnc5[nH]4)cc3)c2)C1.CN(C)C/C=C/C(=O)NC1CCN(c2ccnc(CC(=O)Cc3ccc(-c4cc5c(N6CCOCC6)ncnc5[nH]4)cc3)c2)C1. The first-order chi connectivity index (χ1) is 65.7. The normalized spacial score (nSPS) is 16.7. The van der Waals surface area contributed by atoms with Gasteiger partial charge in [0.15, 0.2) is 0 Å². The lowest BCUT2D eigenvalue weighted by atomic mass is 10.0. The molecular weight excluding hydrogens is 1700 g/mol. The Labute approximate surface area is 787 Å². The van der Waals surface area contributed by atoms with E-state index in [0.29, 0.717) is 71.4 Å². The molecule has 3 aromatic carbocycles. The van der Waals surface area contributed by atoms with Gasteiger partial charge in [-0.05, 0) is 156 Å². The summed E-state index contributed by atoms with van der Waals surface area (Å²) in [5.41, 5.74) is 17.7. The number of hydrogen-bond donors (Lipinski definition) is 6. The number of piperidine rings is 1. The van der Waals surface area contributed by atoms with Crippen molar-refractivity contribution in [3.63, 3.8) is 0 Å². The van der Waals surface area contributed by atoms with Crippen LogP contribution >= 0.6 is 0 Å². The van der Waals surface area contributed by atoms with Gasteiger partial charge in [-0.2, -0.15) is 0 Å². The number of hydrogen-bond acceptors (Lipinski definition) is 27. The highest BCUT2D eigenvalue weighted by molar-refractivity contribution is 5.95. The third kappa shape index (κ3) is 26.2. The van der Waals surface area contributed by atoms with E-state index in [2.05, 4.69) is 153 Å². The van der Waals surface area contributed by atoms with Crippen LogP contribution in [-0.4, -0.2) is 302 Å². The predicted octanol–water partition coefficient (Wildman–Crippen LogP) is 10.1. The zero-order chi connectivity index (χ0) is 93.5. The first-order valence-corrected chi connectivity index (χ1v) is 46.7. The number of morpholine rings is 3. The quantitative estimate of drug-likeness (QED) is 0.0161. The second-order valence-corrected chi connectivity index (χ2v) is 36.0. The minimum Gasteiger partial charge on any atom is -0.379 e. The Morgan fingerprint density at radius 1 is 0.370 bits per heavy atom. The molecule has 2 amide bonds. The molecule has 6 aliphatic rings. The van der Waals surface area contributed by atoms with E-state index < -0.39 is 0 Å². The molecule has 12 aromatic rings. The van der Waals surface area contributed by atoms with Gasteiger partial charge in [-0.3, -0.25) is 38.9 Å². The highest BCUT2D eigenvalue weighted by Crippen LogP contribution is 2.35. The standard InChI is InChI=1S/C35H42N8O3.C34H40N8O3.C34H40N8O2/c1-41(2)13-4-6-33(45)39-27-5-3-14-43(23-27)29-11-12-36-28(20-29)21-30(44)19-25-7-9-26(10-8-25)32-22-31-34(40-32)37-24-38-35(31)42-15-17-46-18-16-42;1-40(2)12-3-4-32(44)38-26-10-13-42(22-26)28-9-11-35-27(19-28)20-29(43)18-24-5-7-25(8-6-24)31-21-30-33(39-31)36-23-37-34(30)41-14-16-45-17-15-41;1-24(5-4-12-40(2)3)38-28-21-42(22-28)29-10-11-35-27(18-29)19-30(43)17-25-6-8-26(9-7-25)32-20-31-33(39-32)36-23-37-34(31)41-13-15-44-16-14-41/h4,6-12,20,22,24,27H,3,5,13-19,21,23H2,1-2H3,(H,39,45)(H,37,38,40);3-9,11,19,21,23,26H,10,12-18,20,22H2,1-2H3,(H,38,44)(H,36,37,39);4-11,18,20,23,28,38H,1,12-17,19,21-22H2,2-3H3,(H,36,37,39)/b6-4+;4-3+;5-4+. The Balaban J connectivity index is 0.000000147. The third-order valence-corrected chi connectivity index (χ3v) is 24.6. The summed E-state index contributed by atoms with van der Waals surface area (Å²) < 4.78 is 16.5. The molecule has 32 heteroatoms. The second kappa shape index (κ2) is 45.8. The maximum atomic E-state index is 13.1. The van der Waals surface area contributed by atoms with E-state index in [1.165, 1.54) is 0 Å². The molecule has 32 nitrogen and oxygen atoms in total. The fourth-order valence-corrected chi connectivity index (χ4v) is 17.7. The third-order valence-electron chi connectivity index (χ3n) is 24.6. The molecule has 0 aliphatic carbocycles. The summed E-state index contributed by atoms with van der Waals surface area (Å²) in [5.74, 6) is 3.02. The summed E-state index contributed by atoms with van der Waals surface area (Å²) in [7, 11) is 12.0. The average Bonchev–Trinajstić information content (AvgIpc) is 1.64. The van der Waals surface area contributed by atoms with Crippen molar-refractivity contribution in [2.24, 2.45) is 0 Å². The number of fused-ring (bicyclic) bond motifs is 3. The van der Waals surface area contributed by atoms with E-state index in [1.807, 2.05) is 167 Å². The van der Waals surface area contributed by atoms with Gasteiger partial charge in [-0.15, -0.1) is 0 Å². The van der Waals surface area contributed by atoms with Gasteiger partial charge < -0.3 is 89.2 Å². The predicted molar refractivity (Wildman–Crippen MR) is 531 cm³/mol. The number of carbonyl (C=O) groups is 5. The van der Waals surface area contributed by atoms with Crippen LogP contribution in [0.1, 0.15) is 53.0 Å². The molecule has 6 saturated heterocycles.